The summed E-state index contributed by atoms with van der Waals surface area (Å²) in [6.45, 7) is 7.42. The predicted octanol–water partition coefficient (Wildman–Crippen LogP) is 4.03. The minimum absolute atomic E-state index is 0.267. The van der Waals surface area contributed by atoms with E-state index in [0.29, 0.717) is 17.9 Å². The van der Waals surface area contributed by atoms with Crippen molar-refractivity contribution in [3.05, 3.63) is 41.5 Å². The average Bonchev–Trinajstić information content (AvgIpc) is 2.45. The first-order chi connectivity index (χ1) is 9.67. The Morgan fingerprint density at radius 1 is 1.30 bits per heavy atom. The Balaban J connectivity index is 2.46. The molecule has 1 rings (SSSR count). The van der Waals surface area contributed by atoms with Crippen LogP contribution in [-0.4, -0.2) is 25.6 Å². The number of aldehydes is 1. The number of hydrogen-bond acceptors (Lipinski definition) is 3. The summed E-state index contributed by atoms with van der Waals surface area (Å²) in [5.74, 6) is 0.632. The van der Waals surface area contributed by atoms with Gasteiger partial charge in [-0.3, -0.25) is 4.79 Å². The molecule has 0 aliphatic carbocycles. The van der Waals surface area contributed by atoms with E-state index in [9.17, 15) is 4.79 Å². The zero-order valence-electron chi connectivity index (χ0n) is 12.6. The van der Waals surface area contributed by atoms with Crippen molar-refractivity contribution < 1.29 is 14.3 Å². The third kappa shape index (κ3) is 6.02. The van der Waals surface area contributed by atoms with Crippen molar-refractivity contribution >= 4 is 6.29 Å². The van der Waals surface area contributed by atoms with Crippen LogP contribution in [0.5, 0.6) is 5.75 Å². The van der Waals surface area contributed by atoms with Crippen molar-refractivity contribution in [3.63, 3.8) is 0 Å². The SMILES string of the molecule is CC/C(=C\COc1ccccc1C=O)CCOC(C)C. The molecular formula is C17H24O3. The van der Waals surface area contributed by atoms with Gasteiger partial charge in [-0.1, -0.05) is 24.6 Å². The molecule has 0 spiro atoms. The van der Waals surface area contributed by atoms with Gasteiger partial charge in [-0.25, -0.2) is 0 Å². The highest BCUT2D eigenvalue weighted by molar-refractivity contribution is 5.79. The van der Waals surface area contributed by atoms with Crippen molar-refractivity contribution in [1.29, 1.82) is 0 Å². The Labute approximate surface area is 121 Å². The molecule has 0 aliphatic heterocycles. The number of ether oxygens (including phenoxy) is 2. The van der Waals surface area contributed by atoms with Crippen LogP contribution in [0.3, 0.4) is 0 Å². The summed E-state index contributed by atoms with van der Waals surface area (Å²) in [4.78, 5) is 10.9. The molecule has 3 nitrogen and oxygen atoms in total. The first-order valence-electron chi connectivity index (χ1n) is 7.13. The first-order valence-corrected chi connectivity index (χ1v) is 7.13. The maximum atomic E-state index is 10.9. The smallest absolute Gasteiger partial charge is 0.153 e. The number of benzene rings is 1. The van der Waals surface area contributed by atoms with Gasteiger partial charge < -0.3 is 9.47 Å². The Hall–Kier alpha value is -1.61. The van der Waals surface area contributed by atoms with Crippen LogP contribution in [0.1, 0.15) is 44.0 Å². The van der Waals surface area contributed by atoms with Gasteiger partial charge in [-0.05, 0) is 44.9 Å². The molecule has 0 aromatic heterocycles. The summed E-state index contributed by atoms with van der Waals surface area (Å²) in [7, 11) is 0. The second-order valence-electron chi connectivity index (χ2n) is 4.85. The van der Waals surface area contributed by atoms with Gasteiger partial charge in [0, 0.05) is 0 Å². The number of rotatable bonds is 9. The molecular weight excluding hydrogens is 252 g/mol. The van der Waals surface area contributed by atoms with Gasteiger partial charge in [0.05, 0.1) is 18.3 Å². The third-order valence-corrected chi connectivity index (χ3v) is 2.99. The van der Waals surface area contributed by atoms with E-state index in [1.54, 1.807) is 6.07 Å². The Morgan fingerprint density at radius 2 is 2.05 bits per heavy atom. The van der Waals surface area contributed by atoms with Gasteiger partial charge in [-0.2, -0.15) is 0 Å². The monoisotopic (exact) mass is 276 g/mol. The Bertz CT molecular complexity index is 436. The quantitative estimate of drug-likeness (QED) is 0.504. The Kier molecular flexibility index (Phi) is 7.66. The summed E-state index contributed by atoms with van der Waals surface area (Å²) < 4.78 is 11.2. The molecule has 0 heterocycles. The van der Waals surface area contributed by atoms with Gasteiger partial charge in [0.2, 0.25) is 0 Å². The lowest BCUT2D eigenvalue weighted by atomic mass is 10.1. The van der Waals surface area contributed by atoms with Crippen molar-refractivity contribution in [2.24, 2.45) is 0 Å². The van der Waals surface area contributed by atoms with Crippen LogP contribution in [-0.2, 0) is 4.74 Å². The van der Waals surface area contributed by atoms with Crippen LogP contribution in [0.2, 0.25) is 0 Å². The Morgan fingerprint density at radius 3 is 2.70 bits per heavy atom. The van der Waals surface area contributed by atoms with E-state index in [-0.39, 0.29) is 6.10 Å². The molecule has 0 saturated heterocycles. The fraction of sp³-hybridized carbons (Fsp3) is 0.471. The van der Waals surface area contributed by atoms with Gasteiger partial charge in [-0.15, -0.1) is 0 Å². The molecule has 0 aliphatic rings. The lowest BCUT2D eigenvalue weighted by molar-refractivity contribution is 0.0809. The van der Waals surface area contributed by atoms with E-state index < -0.39 is 0 Å². The molecule has 0 unspecified atom stereocenters. The van der Waals surface area contributed by atoms with Crippen LogP contribution in [0.15, 0.2) is 35.9 Å². The van der Waals surface area contributed by atoms with Crippen LogP contribution >= 0.6 is 0 Å². The fourth-order valence-corrected chi connectivity index (χ4v) is 1.81. The van der Waals surface area contributed by atoms with Gasteiger partial charge >= 0.3 is 0 Å². The minimum Gasteiger partial charge on any atom is -0.489 e. The number of para-hydroxylation sites is 1. The topological polar surface area (TPSA) is 35.5 Å². The standard InChI is InChI=1S/C17H24O3/c1-4-15(9-11-19-14(2)3)10-12-20-17-8-6-5-7-16(17)13-18/h5-8,10,13-14H,4,9,11-12H2,1-3H3/b15-10+. The second kappa shape index (κ2) is 9.32. The van der Waals surface area contributed by atoms with E-state index in [1.165, 1.54) is 5.57 Å². The molecule has 20 heavy (non-hydrogen) atoms. The van der Waals surface area contributed by atoms with E-state index >= 15 is 0 Å². The molecule has 0 N–H and O–H groups in total. The van der Waals surface area contributed by atoms with Crippen LogP contribution in [0, 0.1) is 0 Å². The maximum Gasteiger partial charge on any atom is 0.153 e. The van der Waals surface area contributed by atoms with Crippen LogP contribution in [0.4, 0.5) is 0 Å². The molecule has 110 valence electrons. The van der Waals surface area contributed by atoms with Gasteiger partial charge in [0.1, 0.15) is 12.4 Å². The van der Waals surface area contributed by atoms with Crippen LogP contribution < -0.4 is 4.74 Å². The maximum absolute atomic E-state index is 10.9. The van der Waals surface area contributed by atoms with Gasteiger partial charge in [0.15, 0.2) is 6.29 Å². The van der Waals surface area contributed by atoms with Gasteiger partial charge in [0.25, 0.3) is 0 Å². The molecule has 3 heteroatoms. The second-order valence-corrected chi connectivity index (χ2v) is 4.85. The first kappa shape index (κ1) is 16.4. The summed E-state index contributed by atoms with van der Waals surface area (Å²) in [5, 5.41) is 0. The number of carbonyl (C=O) groups is 1. The van der Waals surface area contributed by atoms with Crippen molar-refractivity contribution in [3.8, 4) is 5.75 Å². The summed E-state index contributed by atoms with van der Waals surface area (Å²) in [6, 6.07) is 7.25. The summed E-state index contributed by atoms with van der Waals surface area (Å²) in [5.41, 5.74) is 1.90. The molecule has 1 aromatic carbocycles. The molecule has 0 bridgehead atoms. The van der Waals surface area contributed by atoms with E-state index in [1.807, 2.05) is 32.0 Å². The highest BCUT2D eigenvalue weighted by atomic mass is 16.5. The lowest BCUT2D eigenvalue weighted by Crippen LogP contribution is -2.05. The highest BCUT2D eigenvalue weighted by Crippen LogP contribution is 2.16. The fourth-order valence-electron chi connectivity index (χ4n) is 1.81. The summed E-state index contributed by atoms with van der Waals surface area (Å²) >= 11 is 0. The average molecular weight is 276 g/mol. The summed E-state index contributed by atoms with van der Waals surface area (Å²) in [6.07, 6.45) is 5.07. The van der Waals surface area contributed by atoms with E-state index in [2.05, 4.69) is 13.0 Å². The van der Waals surface area contributed by atoms with E-state index in [4.69, 9.17) is 9.47 Å². The molecule has 1 aromatic rings. The number of hydrogen-bond donors (Lipinski definition) is 0. The highest BCUT2D eigenvalue weighted by Gasteiger charge is 2.01. The third-order valence-electron chi connectivity index (χ3n) is 2.99. The largest absolute Gasteiger partial charge is 0.489 e. The van der Waals surface area contributed by atoms with Crippen LogP contribution in [0.25, 0.3) is 0 Å². The molecule has 0 amide bonds. The lowest BCUT2D eigenvalue weighted by Gasteiger charge is -2.10. The predicted molar refractivity (Wildman–Crippen MR) is 81.4 cm³/mol. The molecule has 0 saturated carbocycles. The molecule has 0 radical (unpaired) electrons. The minimum atomic E-state index is 0.267. The van der Waals surface area contributed by atoms with Crippen molar-refractivity contribution in [2.45, 2.75) is 39.7 Å². The van der Waals surface area contributed by atoms with Crippen molar-refractivity contribution in [2.75, 3.05) is 13.2 Å². The molecule has 0 atom stereocenters. The van der Waals surface area contributed by atoms with Crippen molar-refractivity contribution in [1.82, 2.24) is 0 Å². The molecule has 0 fully saturated rings. The zero-order valence-corrected chi connectivity index (χ0v) is 12.6. The normalized spacial score (nSPS) is 11.7. The zero-order chi connectivity index (χ0) is 14.8. The number of carbonyl (C=O) groups excluding carboxylic acids is 1. The van der Waals surface area contributed by atoms with E-state index in [0.717, 1.165) is 25.7 Å².